The van der Waals surface area contributed by atoms with Crippen LogP contribution in [0.25, 0.3) is 0 Å². The number of nitrogens with two attached hydrogens (primary N) is 4. The lowest BCUT2D eigenvalue weighted by molar-refractivity contribution is 0.155. The van der Waals surface area contributed by atoms with Gasteiger partial charge in [0.2, 0.25) is 0 Å². The topological polar surface area (TPSA) is 204 Å². The third-order valence-corrected chi connectivity index (χ3v) is 10.1. The van der Waals surface area contributed by atoms with Crippen molar-refractivity contribution in [2.45, 2.75) is 96.5 Å². The third kappa shape index (κ3) is 25.4. The van der Waals surface area contributed by atoms with Gasteiger partial charge < -0.3 is 51.6 Å². The summed E-state index contributed by atoms with van der Waals surface area (Å²) in [6, 6.07) is 0. The van der Waals surface area contributed by atoms with Gasteiger partial charge >= 0.3 is 15.2 Å². The number of hydrogen-bond donors (Lipinski definition) is 6. The van der Waals surface area contributed by atoms with Crippen LogP contribution in [0.5, 0.6) is 0 Å². The van der Waals surface area contributed by atoms with E-state index in [1.165, 1.54) is 0 Å². The maximum atomic E-state index is 12.7. The van der Waals surface area contributed by atoms with Gasteiger partial charge in [0.15, 0.2) is 0 Å². The van der Waals surface area contributed by atoms with Crippen molar-refractivity contribution >= 4 is 15.2 Å². The van der Waals surface area contributed by atoms with E-state index < -0.39 is 15.2 Å². The number of rotatable bonds is 32. The average Bonchev–Trinajstić information content (AvgIpc) is 2.96. The highest BCUT2D eigenvalue weighted by atomic mass is 31.2. The molecule has 0 aromatic rings. The number of hydrogen-bond acceptors (Lipinski definition) is 10. The van der Waals surface area contributed by atoms with Crippen LogP contribution in [0.3, 0.4) is 0 Å². The first kappa shape index (κ1) is 42.1. The molecule has 0 aliphatic carbocycles. The van der Waals surface area contributed by atoms with E-state index in [-0.39, 0.29) is 18.4 Å². The van der Waals surface area contributed by atoms with E-state index in [0.717, 1.165) is 103 Å². The van der Waals surface area contributed by atoms with Crippen molar-refractivity contribution in [1.29, 1.82) is 0 Å². The van der Waals surface area contributed by atoms with Crippen LogP contribution in [0.1, 0.15) is 90.4 Å². The van der Waals surface area contributed by atoms with Crippen LogP contribution in [-0.2, 0) is 18.2 Å². The fourth-order valence-electron chi connectivity index (χ4n) is 4.71. The number of unbranched alkanes of at least 4 members (excludes halogenated alkanes) is 6. The normalized spacial score (nSPS) is 15.7. The Kier molecular flexibility index (Phi) is 27.4. The quantitative estimate of drug-likeness (QED) is 0.0461. The van der Waals surface area contributed by atoms with Crippen molar-refractivity contribution in [3.8, 4) is 0 Å². The predicted octanol–water partition coefficient (Wildman–Crippen LogP) is 3.29. The maximum Gasteiger partial charge on any atom is 0.329 e. The molecule has 0 aromatic carbocycles. The molecule has 0 saturated heterocycles. The minimum atomic E-state index is -3.66. The monoisotopic (exact) mass is 644 g/mol. The van der Waals surface area contributed by atoms with E-state index in [1.54, 1.807) is 0 Å². The molecule has 254 valence electrons. The van der Waals surface area contributed by atoms with E-state index >= 15 is 0 Å². The zero-order valence-corrected chi connectivity index (χ0v) is 28.4. The van der Waals surface area contributed by atoms with Crippen LogP contribution >= 0.6 is 15.2 Å². The summed E-state index contributed by atoms with van der Waals surface area (Å²) in [5.41, 5.74) is 22.4. The molecule has 3 unspecified atom stereocenters. The molecule has 3 atom stereocenters. The summed E-state index contributed by atoms with van der Waals surface area (Å²) in [6.45, 7) is 8.89. The summed E-state index contributed by atoms with van der Waals surface area (Å²) in [5.74, 6) is 0. The van der Waals surface area contributed by atoms with Gasteiger partial charge in [-0.2, -0.15) is 0 Å². The van der Waals surface area contributed by atoms with Crippen LogP contribution in [0.4, 0.5) is 0 Å². The first-order valence-corrected chi connectivity index (χ1v) is 19.9. The van der Waals surface area contributed by atoms with Crippen molar-refractivity contribution in [1.82, 2.24) is 9.80 Å². The molecular weight excluding hydrogens is 578 g/mol. The van der Waals surface area contributed by atoms with Crippen LogP contribution < -0.4 is 22.9 Å². The highest BCUT2D eigenvalue weighted by Gasteiger charge is 2.25. The molecule has 0 heterocycles. The molecule has 14 heteroatoms. The maximum absolute atomic E-state index is 12.7. The van der Waals surface area contributed by atoms with Gasteiger partial charge in [-0.05, 0) is 97.3 Å². The Morgan fingerprint density at radius 1 is 0.595 bits per heavy atom. The van der Waals surface area contributed by atoms with Crippen LogP contribution in [-0.4, -0.2) is 110 Å². The zero-order valence-electron chi connectivity index (χ0n) is 26.6. The fourth-order valence-corrected chi connectivity index (χ4v) is 7.15. The van der Waals surface area contributed by atoms with Crippen molar-refractivity contribution < 1.29 is 28.0 Å². The molecule has 0 bridgehead atoms. The average molecular weight is 645 g/mol. The van der Waals surface area contributed by atoms with Crippen molar-refractivity contribution in [3.63, 3.8) is 0 Å². The van der Waals surface area contributed by atoms with E-state index in [0.29, 0.717) is 52.3 Å². The molecule has 0 saturated carbocycles. The standard InChI is InChI=1S/C28H66N6O6P2/c1-2-28(40-42(37,38)27-24-34(21-12-17-31)22-13-18-32)14-8-6-4-3-5-7-9-25-39-41(35,36)26-23-33(19-10-15-29)20-11-16-30/h28H,2-27,29-32H2,1H3,(H,35,36)(H,37,38). The highest BCUT2D eigenvalue weighted by molar-refractivity contribution is 7.53. The lowest BCUT2D eigenvalue weighted by Gasteiger charge is -2.25. The minimum absolute atomic E-state index is 0.121. The van der Waals surface area contributed by atoms with Crippen molar-refractivity contribution in [3.05, 3.63) is 0 Å². The molecule has 0 fully saturated rings. The van der Waals surface area contributed by atoms with E-state index in [9.17, 15) is 18.9 Å². The molecule has 0 spiro atoms. The van der Waals surface area contributed by atoms with Crippen LogP contribution in [0.15, 0.2) is 0 Å². The van der Waals surface area contributed by atoms with Gasteiger partial charge in [-0.3, -0.25) is 9.13 Å². The van der Waals surface area contributed by atoms with Gasteiger partial charge in [0.1, 0.15) is 0 Å². The van der Waals surface area contributed by atoms with E-state index in [1.807, 2.05) is 6.92 Å². The Bertz CT molecular complexity index is 696. The minimum Gasteiger partial charge on any atom is -0.330 e. The first-order valence-electron chi connectivity index (χ1n) is 16.3. The van der Waals surface area contributed by atoms with Gasteiger partial charge in [0, 0.05) is 13.1 Å². The van der Waals surface area contributed by atoms with Gasteiger partial charge in [-0.25, -0.2) is 0 Å². The summed E-state index contributed by atoms with van der Waals surface area (Å²) in [4.78, 5) is 24.9. The molecule has 0 radical (unpaired) electrons. The molecule has 10 N–H and O–H groups in total. The highest BCUT2D eigenvalue weighted by Crippen LogP contribution is 2.44. The molecule has 0 aromatic heterocycles. The molecular formula is C28H66N6O6P2. The van der Waals surface area contributed by atoms with E-state index in [2.05, 4.69) is 9.80 Å². The molecule has 0 amide bonds. The van der Waals surface area contributed by atoms with Gasteiger partial charge in [0.05, 0.1) is 25.0 Å². The fraction of sp³-hybridized carbons (Fsp3) is 1.00. The van der Waals surface area contributed by atoms with Crippen molar-refractivity contribution in [2.75, 3.05) is 84.4 Å². The summed E-state index contributed by atoms with van der Waals surface area (Å²) >= 11 is 0. The Balaban J connectivity index is 4.05. The lowest BCUT2D eigenvalue weighted by Crippen LogP contribution is -2.31. The third-order valence-electron chi connectivity index (χ3n) is 7.34. The molecule has 0 aliphatic rings. The molecule has 42 heavy (non-hydrogen) atoms. The Morgan fingerprint density at radius 2 is 1.00 bits per heavy atom. The van der Waals surface area contributed by atoms with Crippen LogP contribution in [0, 0.1) is 0 Å². The van der Waals surface area contributed by atoms with Gasteiger partial charge in [-0.1, -0.05) is 45.4 Å². The summed E-state index contributed by atoms with van der Waals surface area (Å²) in [7, 11) is -7.25. The van der Waals surface area contributed by atoms with Gasteiger partial charge in [-0.15, -0.1) is 0 Å². The van der Waals surface area contributed by atoms with E-state index in [4.69, 9.17) is 32.0 Å². The Morgan fingerprint density at radius 3 is 1.43 bits per heavy atom. The zero-order chi connectivity index (χ0) is 31.5. The largest absolute Gasteiger partial charge is 0.330 e. The second-order valence-electron chi connectivity index (χ2n) is 11.2. The molecule has 0 rings (SSSR count). The molecule has 12 nitrogen and oxygen atoms in total. The first-order chi connectivity index (χ1) is 20.1. The SMILES string of the molecule is CCC(CCCCCCCCCOP(=O)(O)CCN(CCCN)CCCN)OP(=O)(O)CCN(CCCN)CCCN. The summed E-state index contributed by atoms with van der Waals surface area (Å²) in [6.07, 6.45) is 11.9. The predicted molar refractivity (Wildman–Crippen MR) is 175 cm³/mol. The smallest absolute Gasteiger partial charge is 0.329 e. The lowest BCUT2D eigenvalue weighted by atomic mass is 10.1. The van der Waals surface area contributed by atoms with Gasteiger partial charge in [0.25, 0.3) is 0 Å². The summed E-state index contributed by atoms with van der Waals surface area (Å²) < 4.78 is 36.1. The van der Waals surface area contributed by atoms with Crippen molar-refractivity contribution in [2.24, 2.45) is 22.9 Å². The number of nitrogens with zero attached hydrogens (tertiary/aromatic N) is 2. The second-order valence-corrected chi connectivity index (χ2v) is 15.1. The molecule has 0 aliphatic heterocycles. The van der Waals surface area contributed by atoms with Crippen LogP contribution in [0.2, 0.25) is 0 Å². The second kappa shape index (κ2) is 27.4. The Labute approximate surface area is 256 Å². The Hall–Kier alpha value is 0.0600. The summed E-state index contributed by atoms with van der Waals surface area (Å²) in [5, 5.41) is 0.